The Morgan fingerprint density at radius 3 is 2.28 bits per heavy atom. The number of amides is 1. The Balaban J connectivity index is 1.69. The van der Waals surface area contributed by atoms with E-state index in [2.05, 4.69) is 15.0 Å². The molecule has 0 saturated carbocycles. The van der Waals surface area contributed by atoms with E-state index < -0.39 is 10.0 Å². The molecule has 8 heteroatoms. The third-order valence-electron chi connectivity index (χ3n) is 3.20. The highest BCUT2D eigenvalue weighted by Crippen LogP contribution is 2.24. The first-order valence-corrected chi connectivity index (χ1v) is 10.1. The molecule has 0 radical (unpaired) electrons. The molecule has 0 aliphatic carbocycles. The Hall–Kier alpha value is -2.71. The fourth-order valence-electron chi connectivity index (χ4n) is 2.12. The lowest BCUT2D eigenvalue weighted by Crippen LogP contribution is -2.13. The van der Waals surface area contributed by atoms with Crippen LogP contribution in [0.25, 0.3) is 10.6 Å². The predicted molar refractivity (Wildman–Crippen MR) is 100 cm³/mol. The second-order valence-corrected chi connectivity index (χ2v) is 7.92. The van der Waals surface area contributed by atoms with Crippen LogP contribution >= 0.6 is 11.3 Å². The average Bonchev–Trinajstić information content (AvgIpc) is 3.06. The molecular weight excluding hydrogens is 358 g/mol. The molecule has 3 rings (SSSR count). The summed E-state index contributed by atoms with van der Waals surface area (Å²) in [6, 6.07) is 16.0. The highest BCUT2D eigenvalue weighted by molar-refractivity contribution is 7.92. The van der Waals surface area contributed by atoms with E-state index in [0.29, 0.717) is 17.1 Å². The molecule has 2 N–H and O–H groups in total. The summed E-state index contributed by atoms with van der Waals surface area (Å²) in [6.07, 6.45) is 1.08. The van der Waals surface area contributed by atoms with E-state index >= 15 is 0 Å². The zero-order valence-electron chi connectivity index (χ0n) is 13.3. The van der Waals surface area contributed by atoms with Gasteiger partial charge in [0.05, 0.1) is 6.26 Å². The van der Waals surface area contributed by atoms with Crippen molar-refractivity contribution < 1.29 is 13.2 Å². The molecule has 0 atom stereocenters. The van der Waals surface area contributed by atoms with Gasteiger partial charge >= 0.3 is 0 Å². The Morgan fingerprint density at radius 1 is 1.00 bits per heavy atom. The molecule has 0 aliphatic rings. The predicted octanol–water partition coefficient (Wildman–Crippen LogP) is 3.43. The minimum atomic E-state index is -3.33. The number of hydrogen-bond donors (Lipinski definition) is 2. The quantitative estimate of drug-likeness (QED) is 0.717. The van der Waals surface area contributed by atoms with Crippen molar-refractivity contribution in [3.8, 4) is 10.6 Å². The second kappa shape index (κ2) is 7.04. The normalized spacial score (nSPS) is 11.1. The summed E-state index contributed by atoms with van der Waals surface area (Å²) >= 11 is 1.40. The summed E-state index contributed by atoms with van der Waals surface area (Å²) in [5, 5.41) is 5.22. The Labute approximate surface area is 149 Å². The summed E-state index contributed by atoms with van der Waals surface area (Å²) in [4.78, 5) is 16.7. The third kappa shape index (κ3) is 4.65. The average molecular weight is 373 g/mol. The van der Waals surface area contributed by atoms with Crippen molar-refractivity contribution in [2.45, 2.75) is 0 Å². The number of aromatic nitrogens is 1. The maximum atomic E-state index is 12.3. The standard InChI is InChI=1S/C17H15N3O3S2/c1-25(22,23)20-14-9-7-13(8-10-14)18-16(21)15-11-24-17(19-15)12-5-3-2-4-6-12/h2-11,20H,1H3,(H,18,21). The number of carbonyl (C=O) groups is 1. The van der Waals surface area contributed by atoms with E-state index in [9.17, 15) is 13.2 Å². The van der Waals surface area contributed by atoms with E-state index in [1.807, 2.05) is 30.3 Å². The molecule has 128 valence electrons. The molecule has 0 saturated heterocycles. The van der Waals surface area contributed by atoms with E-state index in [0.717, 1.165) is 16.8 Å². The van der Waals surface area contributed by atoms with Gasteiger partial charge in [-0.3, -0.25) is 9.52 Å². The van der Waals surface area contributed by atoms with Crippen LogP contribution in [0.4, 0.5) is 11.4 Å². The van der Waals surface area contributed by atoms with Crippen molar-refractivity contribution in [3.05, 3.63) is 65.7 Å². The van der Waals surface area contributed by atoms with Crippen LogP contribution in [0, 0.1) is 0 Å². The van der Waals surface area contributed by atoms with Crippen molar-refractivity contribution in [2.75, 3.05) is 16.3 Å². The van der Waals surface area contributed by atoms with Gasteiger partial charge in [0.15, 0.2) is 0 Å². The number of thiazole rings is 1. The molecule has 1 aromatic heterocycles. The van der Waals surface area contributed by atoms with Gasteiger partial charge in [0.25, 0.3) is 5.91 Å². The summed E-state index contributed by atoms with van der Waals surface area (Å²) in [6.45, 7) is 0. The zero-order chi connectivity index (χ0) is 17.9. The SMILES string of the molecule is CS(=O)(=O)Nc1ccc(NC(=O)c2csc(-c3ccccc3)n2)cc1. The van der Waals surface area contributed by atoms with Crippen LogP contribution in [0.3, 0.4) is 0 Å². The molecule has 6 nitrogen and oxygen atoms in total. The van der Waals surface area contributed by atoms with Gasteiger partial charge in [-0.2, -0.15) is 0 Å². The molecule has 25 heavy (non-hydrogen) atoms. The smallest absolute Gasteiger partial charge is 0.275 e. The van der Waals surface area contributed by atoms with Crippen LogP contribution in [0.15, 0.2) is 60.0 Å². The highest BCUT2D eigenvalue weighted by Gasteiger charge is 2.12. The van der Waals surface area contributed by atoms with Crippen molar-refractivity contribution in [2.24, 2.45) is 0 Å². The van der Waals surface area contributed by atoms with Gasteiger partial charge in [0, 0.05) is 22.3 Å². The van der Waals surface area contributed by atoms with Gasteiger partial charge < -0.3 is 5.32 Å². The van der Waals surface area contributed by atoms with Crippen LogP contribution in [0.1, 0.15) is 10.5 Å². The van der Waals surface area contributed by atoms with E-state index in [4.69, 9.17) is 0 Å². The van der Waals surface area contributed by atoms with Crippen molar-refractivity contribution >= 4 is 38.6 Å². The van der Waals surface area contributed by atoms with Crippen LogP contribution in [-0.2, 0) is 10.0 Å². The number of carbonyl (C=O) groups excluding carboxylic acids is 1. The van der Waals surface area contributed by atoms with Gasteiger partial charge in [0.2, 0.25) is 10.0 Å². The van der Waals surface area contributed by atoms with Crippen molar-refractivity contribution in [3.63, 3.8) is 0 Å². The van der Waals surface area contributed by atoms with Crippen molar-refractivity contribution in [1.82, 2.24) is 4.98 Å². The minimum Gasteiger partial charge on any atom is -0.321 e. The Bertz CT molecular complexity index is 981. The monoisotopic (exact) mass is 373 g/mol. The van der Waals surface area contributed by atoms with Crippen molar-refractivity contribution in [1.29, 1.82) is 0 Å². The van der Waals surface area contributed by atoms with Crippen LogP contribution in [0.2, 0.25) is 0 Å². The lowest BCUT2D eigenvalue weighted by atomic mass is 10.2. The Kier molecular flexibility index (Phi) is 4.82. The summed E-state index contributed by atoms with van der Waals surface area (Å²) in [5.41, 5.74) is 2.28. The lowest BCUT2D eigenvalue weighted by molar-refractivity contribution is 0.102. The van der Waals surface area contributed by atoms with Crippen LogP contribution < -0.4 is 10.0 Å². The topological polar surface area (TPSA) is 88.2 Å². The molecule has 2 aromatic carbocycles. The Morgan fingerprint density at radius 2 is 1.64 bits per heavy atom. The molecule has 0 bridgehead atoms. The number of benzene rings is 2. The number of hydrogen-bond acceptors (Lipinski definition) is 5. The second-order valence-electron chi connectivity index (χ2n) is 5.31. The fourth-order valence-corrected chi connectivity index (χ4v) is 3.49. The minimum absolute atomic E-state index is 0.317. The van der Waals surface area contributed by atoms with Gasteiger partial charge in [-0.1, -0.05) is 30.3 Å². The number of anilines is 2. The molecule has 0 fully saturated rings. The number of rotatable bonds is 5. The molecule has 1 heterocycles. The number of sulfonamides is 1. The largest absolute Gasteiger partial charge is 0.321 e. The van der Waals surface area contributed by atoms with Crippen LogP contribution in [0.5, 0.6) is 0 Å². The molecule has 0 spiro atoms. The maximum Gasteiger partial charge on any atom is 0.275 e. The third-order valence-corrected chi connectivity index (χ3v) is 4.70. The first kappa shape index (κ1) is 17.1. The van der Waals surface area contributed by atoms with Crippen LogP contribution in [-0.4, -0.2) is 25.6 Å². The molecule has 1 amide bonds. The molecule has 0 unspecified atom stereocenters. The number of nitrogens with zero attached hydrogens (tertiary/aromatic N) is 1. The van der Waals surface area contributed by atoms with E-state index in [-0.39, 0.29) is 5.91 Å². The van der Waals surface area contributed by atoms with E-state index in [1.54, 1.807) is 29.6 Å². The highest BCUT2D eigenvalue weighted by atomic mass is 32.2. The summed E-state index contributed by atoms with van der Waals surface area (Å²) < 4.78 is 24.7. The van der Waals surface area contributed by atoms with Gasteiger partial charge in [-0.05, 0) is 24.3 Å². The van der Waals surface area contributed by atoms with Gasteiger partial charge in [-0.25, -0.2) is 13.4 Å². The first-order valence-electron chi connectivity index (χ1n) is 7.31. The maximum absolute atomic E-state index is 12.3. The fraction of sp³-hybridized carbons (Fsp3) is 0.0588. The first-order chi connectivity index (χ1) is 11.9. The molecule has 3 aromatic rings. The van der Waals surface area contributed by atoms with Gasteiger partial charge in [0.1, 0.15) is 10.7 Å². The lowest BCUT2D eigenvalue weighted by Gasteiger charge is -2.06. The number of nitrogens with one attached hydrogen (secondary N) is 2. The molecule has 0 aliphatic heterocycles. The molecular formula is C17H15N3O3S2. The van der Waals surface area contributed by atoms with E-state index in [1.165, 1.54) is 11.3 Å². The summed E-state index contributed by atoms with van der Waals surface area (Å²) in [7, 11) is -3.33. The zero-order valence-corrected chi connectivity index (χ0v) is 14.9. The van der Waals surface area contributed by atoms with Gasteiger partial charge in [-0.15, -0.1) is 11.3 Å². The summed E-state index contributed by atoms with van der Waals surface area (Å²) in [5.74, 6) is -0.317.